The lowest BCUT2D eigenvalue weighted by Gasteiger charge is -2.71. The molecule has 0 aromatic heterocycles. The largest absolute Gasteiger partial charge is 0.481 e. The first-order chi connectivity index (χ1) is 29.9. The second-order valence-electron chi connectivity index (χ2n) is 23.0. The second kappa shape index (κ2) is 17.2. The average Bonchev–Trinajstić information content (AvgIpc) is 3.23. The zero-order chi connectivity index (χ0) is 46.7. The summed E-state index contributed by atoms with van der Waals surface area (Å²) >= 11 is 0. The summed E-state index contributed by atoms with van der Waals surface area (Å²) in [5.41, 5.74) is 0.250. The fourth-order valence-corrected chi connectivity index (χ4v) is 14.8. The van der Waals surface area contributed by atoms with E-state index in [1.165, 1.54) is 5.57 Å². The molecule has 3 heterocycles. The maximum Gasteiger partial charge on any atom is 0.310 e. The van der Waals surface area contributed by atoms with E-state index in [-0.39, 0.29) is 51.6 Å². The molecule has 7 fully saturated rings. The topological polar surface area (TPSA) is 275 Å². The van der Waals surface area contributed by atoms with Crippen LogP contribution in [0, 0.1) is 50.2 Å². The van der Waals surface area contributed by atoms with Gasteiger partial charge in [0.1, 0.15) is 67.1 Å². The van der Waals surface area contributed by atoms with Crippen LogP contribution < -0.4 is 0 Å². The van der Waals surface area contributed by atoms with Gasteiger partial charge < -0.3 is 79.5 Å². The smallest absolute Gasteiger partial charge is 0.310 e. The molecule has 4 saturated carbocycles. The van der Waals surface area contributed by atoms with Gasteiger partial charge in [-0.15, -0.1) is 0 Å². The zero-order valence-corrected chi connectivity index (χ0v) is 38.5. The molecule has 0 bridgehead atoms. The van der Waals surface area contributed by atoms with E-state index in [1.807, 2.05) is 0 Å². The van der Waals surface area contributed by atoms with Crippen molar-refractivity contribution < 1.29 is 84.3 Å². The second-order valence-corrected chi connectivity index (χ2v) is 23.0. The standard InChI is InChI=1S/C47H76O17/c1-42(2)14-16-47(41(57)58)17-15-45(6)22(23(47)18-42)8-9-28-44(5)12-11-29(43(3,4)27(44)10-13-46(28,45)7)63-38-35(55)32(52)26(21-59-38)62-40-37(34(54)31(51)25(20-49)61-40)64-39-36(56)33(53)30(50)24(19-48)60-39/h8,23-40,48-56H,9-21H2,1-7H3,(H,57,58)/t23-,24+,25+,26-,27-,28+,29-,30+,31+,32-,33-,34-,35+,36+,37+,38-,39-,40-,44-,45+,46+,47-/m0/s1. The van der Waals surface area contributed by atoms with Crippen molar-refractivity contribution in [1.29, 1.82) is 0 Å². The summed E-state index contributed by atoms with van der Waals surface area (Å²) in [6.07, 6.45) is -11.6. The lowest BCUT2D eigenvalue weighted by Crippen LogP contribution is -2.66. The van der Waals surface area contributed by atoms with Crippen molar-refractivity contribution in [3.05, 3.63) is 11.6 Å². The average molecular weight is 913 g/mol. The Bertz CT molecular complexity index is 1740. The normalized spacial score (nSPS) is 53.5. The number of carboxylic acid groups (broad SMARTS) is 1. The van der Waals surface area contributed by atoms with Crippen LogP contribution in [0.2, 0.25) is 0 Å². The summed E-state index contributed by atoms with van der Waals surface area (Å²) in [4.78, 5) is 13.1. The number of hydrogen-bond acceptors (Lipinski definition) is 16. The third-order valence-electron chi connectivity index (χ3n) is 19.0. The van der Waals surface area contributed by atoms with E-state index in [9.17, 15) is 55.9 Å². The predicted octanol–water partition coefficient (Wildman–Crippen LogP) is 1.35. The Morgan fingerprint density at radius 3 is 1.95 bits per heavy atom. The summed E-state index contributed by atoms with van der Waals surface area (Å²) < 4.78 is 35.7. The van der Waals surface area contributed by atoms with Gasteiger partial charge in [0, 0.05) is 0 Å². The molecule has 0 amide bonds. The molecule has 0 aromatic carbocycles. The molecule has 0 unspecified atom stereocenters. The molecule has 64 heavy (non-hydrogen) atoms. The van der Waals surface area contributed by atoms with Crippen molar-refractivity contribution in [2.75, 3.05) is 19.8 Å². The highest BCUT2D eigenvalue weighted by atomic mass is 16.8. The monoisotopic (exact) mass is 913 g/mol. The van der Waals surface area contributed by atoms with Gasteiger partial charge in [-0.25, -0.2) is 0 Å². The highest BCUT2D eigenvalue weighted by Gasteiger charge is 2.70. The van der Waals surface area contributed by atoms with Crippen molar-refractivity contribution in [3.8, 4) is 0 Å². The van der Waals surface area contributed by atoms with Crippen LogP contribution in [-0.4, -0.2) is 169 Å². The first-order valence-corrected chi connectivity index (χ1v) is 23.7. The Morgan fingerprint density at radius 1 is 0.672 bits per heavy atom. The van der Waals surface area contributed by atoms with E-state index in [0.29, 0.717) is 18.8 Å². The Morgan fingerprint density at radius 2 is 1.30 bits per heavy atom. The van der Waals surface area contributed by atoms with E-state index < -0.39 is 111 Å². The minimum atomic E-state index is -1.86. The molecular formula is C47H76O17. The Labute approximate surface area is 376 Å². The molecule has 10 N–H and O–H groups in total. The van der Waals surface area contributed by atoms with Gasteiger partial charge >= 0.3 is 5.97 Å². The Kier molecular flexibility index (Phi) is 13.2. The number of fused-ring (bicyclic) bond motifs is 7. The zero-order valence-electron chi connectivity index (χ0n) is 38.5. The molecule has 0 aromatic rings. The van der Waals surface area contributed by atoms with Crippen molar-refractivity contribution >= 4 is 5.97 Å². The predicted molar refractivity (Wildman–Crippen MR) is 225 cm³/mol. The number of aliphatic hydroxyl groups excluding tert-OH is 9. The Hall–Kier alpha value is -1.39. The first-order valence-electron chi connectivity index (χ1n) is 23.7. The molecule has 366 valence electrons. The molecule has 8 rings (SSSR count). The molecule has 0 spiro atoms. The van der Waals surface area contributed by atoms with E-state index in [2.05, 4.69) is 54.5 Å². The van der Waals surface area contributed by atoms with Crippen LogP contribution in [0.5, 0.6) is 0 Å². The SMILES string of the molecule is CC1(C)CC[C@]2(C(=O)O)CC[C@]3(C)C(=CC[C@@H]4[C@@]5(C)CC[C@H](O[C@@H]6OC[C@H](O[C@@H]7O[C@H](CO)[C@@H](O)[C@H](O)[C@H]7O[C@@H]7O[C@H](CO)[C@@H](O)[C@H](O)[C@H]7O)[C@H](O)[C@H]6O)C(C)(C)[C@@H]5CC[C@]43C)[C@@H]2C1. The van der Waals surface area contributed by atoms with Gasteiger partial charge in [0.25, 0.3) is 0 Å². The third kappa shape index (κ3) is 7.58. The maximum absolute atomic E-state index is 13.1. The van der Waals surface area contributed by atoms with Gasteiger partial charge in [-0.1, -0.05) is 60.1 Å². The number of carboxylic acids is 1. The molecule has 17 heteroatoms. The fourth-order valence-electron chi connectivity index (χ4n) is 14.8. The molecule has 0 radical (unpaired) electrons. The van der Waals surface area contributed by atoms with Crippen LogP contribution in [0.1, 0.15) is 113 Å². The molecule has 3 saturated heterocycles. The molecular weight excluding hydrogens is 836 g/mol. The minimum Gasteiger partial charge on any atom is -0.481 e. The fraction of sp³-hybridized carbons (Fsp3) is 0.936. The highest BCUT2D eigenvalue weighted by molar-refractivity contribution is 5.76. The van der Waals surface area contributed by atoms with Crippen LogP contribution >= 0.6 is 0 Å². The molecule has 5 aliphatic carbocycles. The number of aliphatic hydroxyl groups is 9. The van der Waals surface area contributed by atoms with Gasteiger partial charge in [0.05, 0.1) is 31.3 Å². The summed E-state index contributed by atoms with van der Waals surface area (Å²) in [5.74, 6) is 0.0401. The van der Waals surface area contributed by atoms with Gasteiger partial charge in [0.2, 0.25) is 0 Å². The maximum atomic E-state index is 13.1. The van der Waals surface area contributed by atoms with E-state index in [1.54, 1.807) is 0 Å². The van der Waals surface area contributed by atoms with Crippen LogP contribution in [0.4, 0.5) is 0 Å². The number of allylic oxidation sites excluding steroid dienone is 2. The van der Waals surface area contributed by atoms with Gasteiger partial charge in [0.15, 0.2) is 18.9 Å². The van der Waals surface area contributed by atoms with Gasteiger partial charge in [-0.05, 0) is 109 Å². The number of aliphatic carboxylic acids is 1. The third-order valence-corrected chi connectivity index (χ3v) is 19.0. The lowest BCUT2D eigenvalue weighted by atomic mass is 9.33. The minimum absolute atomic E-state index is 0.0214. The first kappa shape index (κ1) is 49.0. The molecule has 8 aliphatic rings. The van der Waals surface area contributed by atoms with E-state index in [0.717, 1.165) is 51.4 Å². The summed E-state index contributed by atoms with van der Waals surface area (Å²) in [7, 11) is 0. The van der Waals surface area contributed by atoms with Crippen LogP contribution in [0.3, 0.4) is 0 Å². The van der Waals surface area contributed by atoms with Crippen LogP contribution in [0.25, 0.3) is 0 Å². The van der Waals surface area contributed by atoms with Crippen molar-refractivity contribution in [2.45, 2.75) is 205 Å². The number of carbonyl (C=O) groups is 1. The Balaban J connectivity index is 0.952. The van der Waals surface area contributed by atoms with Crippen molar-refractivity contribution in [1.82, 2.24) is 0 Å². The van der Waals surface area contributed by atoms with Crippen molar-refractivity contribution in [3.63, 3.8) is 0 Å². The number of rotatable bonds is 9. The van der Waals surface area contributed by atoms with Crippen molar-refractivity contribution in [2.24, 2.45) is 50.2 Å². The molecule has 22 atom stereocenters. The summed E-state index contributed by atoms with van der Waals surface area (Å²) in [5, 5.41) is 106. The van der Waals surface area contributed by atoms with E-state index >= 15 is 0 Å². The lowest BCUT2D eigenvalue weighted by molar-refractivity contribution is -0.384. The summed E-state index contributed by atoms with van der Waals surface area (Å²) in [6.45, 7) is 14.6. The number of hydrogen-bond donors (Lipinski definition) is 10. The molecule has 3 aliphatic heterocycles. The quantitative estimate of drug-likeness (QED) is 0.116. The highest BCUT2D eigenvalue weighted by Crippen LogP contribution is 2.76. The summed E-state index contributed by atoms with van der Waals surface area (Å²) in [6, 6.07) is 0. The number of ether oxygens (including phenoxy) is 6. The van der Waals surface area contributed by atoms with E-state index in [4.69, 9.17) is 28.4 Å². The van der Waals surface area contributed by atoms with Gasteiger partial charge in [-0.2, -0.15) is 0 Å². The van der Waals surface area contributed by atoms with Crippen LogP contribution in [0.15, 0.2) is 11.6 Å². The van der Waals surface area contributed by atoms with Crippen LogP contribution in [-0.2, 0) is 33.2 Å². The van der Waals surface area contributed by atoms with Gasteiger partial charge in [-0.3, -0.25) is 4.79 Å². The molecule has 17 nitrogen and oxygen atoms in total.